The van der Waals surface area contributed by atoms with Crippen molar-refractivity contribution in [1.82, 2.24) is 0 Å². The topological polar surface area (TPSA) is 0 Å². The van der Waals surface area contributed by atoms with Gasteiger partial charge in [0.05, 0.1) is 0 Å². The molecule has 0 aromatic carbocycles. The van der Waals surface area contributed by atoms with E-state index in [0.29, 0.717) is 0 Å². The Hall–Kier alpha value is 1.02. The second kappa shape index (κ2) is 11.7. The fourth-order valence-electron chi connectivity index (χ4n) is 1.61. The molecule has 0 radical (unpaired) electrons. The Morgan fingerprint density at radius 1 is 0.737 bits per heavy atom. The molecule has 2 rings (SSSR count). The largest absolute Gasteiger partial charge is 4.00 e. The zero-order valence-corrected chi connectivity index (χ0v) is 18.1. The Morgan fingerprint density at radius 2 is 1.00 bits per heavy atom. The van der Waals surface area contributed by atoms with E-state index in [-0.39, 0.29) is 51.0 Å². The standard InChI is InChI=1S/2C7H10P.2ClH.Zr/c2*1-5-4-6(2)8-7(5)3;;;/h2*4H,1-3H3;2*1H;/q2*-1;;;+4/p-2. The molecule has 0 atom stereocenters. The Morgan fingerprint density at radius 3 is 1.05 bits per heavy atom. The van der Waals surface area contributed by atoms with E-state index < -0.39 is 0 Å². The second-order valence-electron chi connectivity index (χ2n) is 4.33. The van der Waals surface area contributed by atoms with Crippen LogP contribution >= 0.6 is 16.4 Å². The van der Waals surface area contributed by atoms with E-state index >= 15 is 0 Å². The molecule has 0 bridgehead atoms. The molecule has 0 fully saturated rings. The minimum Gasteiger partial charge on any atom is -1.00 e. The molecule has 0 saturated carbocycles. The van der Waals surface area contributed by atoms with Gasteiger partial charge in [-0.2, -0.15) is 21.7 Å². The van der Waals surface area contributed by atoms with Crippen LogP contribution in [-0.4, -0.2) is 0 Å². The van der Waals surface area contributed by atoms with Gasteiger partial charge in [-0.1, -0.05) is 41.5 Å². The third-order valence-electron chi connectivity index (χ3n) is 2.68. The van der Waals surface area contributed by atoms with Crippen molar-refractivity contribution in [3.8, 4) is 0 Å². The SMILES string of the molecule is Cc1cc(C)[c-](C)p1.Cc1cc(C)[c-](C)p1.[Cl-].[Cl-].[Zr+4]. The molecule has 0 aliphatic heterocycles. The third-order valence-corrected chi connectivity index (χ3v) is 5.02. The van der Waals surface area contributed by atoms with E-state index in [4.69, 9.17) is 0 Å². The summed E-state index contributed by atoms with van der Waals surface area (Å²) in [5.74, 6) is 0. The summed E-state index contributed by atoms with van der Waals surface area (Å²) < 4.78 is 0. The quantitative estimate of drug-likeness (QED) is 0.528. The number of hydrogen-bond acceptors (Lipinski definition) is 0. The molecule has 0 unspecified atom stereocenters. The Balaban J connectivity index is -0.000000233. The molecule has 0 saturated heterocycles. The third kappa shape index (κ3) is 8.80. The first-order chi connectivity index (χ1) is 7.40. The first kappa shape index (κ1) is 25.0. The van der Waals surface area contributed by atoms with Crippen LogP contribution in [0.5, 0.6) is 0 Å². The van der Waals surface area contributed by atoms with Gasteiger partial charge in [0, 0.05) is 0 Å². The average Bonchev–Trinajstić information content (AvgIpc) is 2.58. The maximum atomic E-state index is 2.25. The van der Waals surface area contributed by atoms with Gasteiger partial charge in [-0.25, -0.2) is 28.5 Å². The van der Waals surface area contributed by atoms with Crippen molar-refractivity contribution < 1.29 is 51.0 Å². The number of hydrogen-bond donors (Lipinski definition) is 0. The molecule has 0 nitrogen and oxygen atoms in total. The fraction of sp³-hybridized carbons (Fsp3) is 0.429. The van der Waals surface area contributed by atoms with Gasteiger partial charge in [-0.3, -0.25) is 0 Å². The van der Waals surface area contributed by atoms with Gasteiger partial charge in [-0.15, -0.1) is 10.6 Å². The number of aryl methyl sites for hydroxylation is 6. The fourth-order valence-corrected chi connectivity index (χ4v) is 3.66. The van der Waals surface area contributed by atoms with Crippen molar-refractivity contribution in [2.45, 2.75) is 41.5 Å². The van der Waals surface area contributed by atoms with Gasteiger partial charge in [0.1, 0.15) is 0 Å². The molecule has 0 amide bonds. The predicted molar refractivity (Wildman–Crippen MR) is 77.5 cm³/mol. The molecule has 19 heavy (non-hydrogen) atoms. The maximum absolute atomic E-state index is 2.25. The minimum atomic E-state index is 0. The molecule has 104 valence electrons. The summed E-state index contributed by atoms with van der Waals surface area (Å²) >= 11 is 0. The van der Waals surface area contributed by atoms with Crippen molar-refractivity contribution in [3.63, 3.8) is 0 Å². The van der Waals surface area contributed by atoms with Crippen molar-refractivity contribution in [1.29, 1.82) is 0 Å². The Bertz CT molecular complexity index is 392. The monoisotopic (exact) mass is 410 g/mol. The van der Waals surface area contributed by atoms with Gasteiger partial charge in [-0.05, 0) is 0 Å². The predicted octanol–water partition coefficient (Wildman–Crippen LogP) is -0.173. The van der Waals surface area contributed by atoms with Crippen LogP contribution in [0, 0.1) is 41.5 Å². The van der Waals surface area contributed by atoms with Crippen LogP contribution in [0.2, 0.25) is 0 Å². The molecular weight excluding hydrogens is 392 g/mol. The number of rotatable bonds is 0. The van der Waals surface area contributed by atoms with Gasteiger partial charge in [0.15, 0.2) is 0 Å². The second-order valence-corrected chi connectivity index (χ2v) is 7.53. The summed E-state index contributed by atoms with van der Waals surface area (Å²) in [7, 11) is 2.85. The molecule has 5 heteroatoms. The molecule has 0 aliphatic carbocycles. The van der Waals surface area contributed by atoms with Crippen LogP contribution in [0.4, 0.5) is 0 Å². The van der Waals surface area contributed by atoms with E-state index in [1.807, 2.05) is 0 Å². The van der Waals surface area contributed by atoms with E-state index in [9.17, 15) is 0 Å². The Kier molecular flexibility index (Phi) is 15.3. The minimum absolute atomic E-state index is 0. The van der Waals surface area contributed by atoms with Crippen LogP contribution in [0.25, 0.3) is 0 Å². The zero-order chi connectivity index (χ0) is 12.3. The maximum Gasteiger partial charge on any atom is 4.00 e. The van der Waals surface area contributed by atoms with Crippen molar-refractivity contribution >= 4 is 16.4 Å². The summed E-state index contributed by atoms with van der Waals surface area (Å²) in [6, 6.07) is 4.49. The smallest absolute Gasteiger partial charge is 1.00 e. The molecule has 2 aromatic rings. The first-order valence-corrected chi connectivity index (χ1v) is 7.34. The van der Waals surface area contributed by atoms with Gasteiger partial charge >= 0.3 is 26.2 Å². The first-order valence-electron chi connectivity index (χ1n) is 5.55. The van der Waals surface area contributed by atoms with Crippen molar-refractivity contribution in [2.24, 2.45) is 0 Å². The summed E-state index contributed by atoms with van der Waals surface area (Å²) in [5, 5.41) is 5.95. The van der Waals surface area contributed by atoms with Crippen molar-refractivity contribution in [2.75, 3.05) is 0 Å². The van der Waals surface area contributed by atoms with Gasteiger partial charge < -0.3 is 24.8 Å². The molecule has 2 aromatic heterocycles. The van der Waals surface area contributed by atoms with E-state index in [1.54, 1.807) is 0 Å². The normalized spacial score (nSPS) is 9.16. The molecule has 0 aliphatic rings. The molecule has 2 heterocycles. The Labute approximate surface area is 152 Å². The summed E-state index contributed by atoms with van der Waals surface area (Å²) in [5.41, 5.74) is 2.90. The van der Waals surface area contributed by atoms with Gasteiger partial charge in [0.2, 0.25) is 0 Å². The van der Waals surface area contributed by atoms with Crippen molar-refractivity contribution in [3.05, 3.63) is 44.4 Å². The van der Waals surface area contributed by atoms with Crippen LogP contribution in [0.15, 0.2) is 12.1 Å². The molecule has 0 spiro atoms. The summed E-state index contributed by atoms with van der Waals surface area (Å²) in [6.45, 7) is 13.0. The van der Waals surface area contributed by atoms with Crippen LogP contribution < -0.4 is 24.8 Å². The zero-order valence-electron chi connectivity index (χ0n) is 12.3. The number of halogens is 2. The van der Waals surface area contributed by atoms with Crippen LogP contribution in [0.3, 0.4) is 0 Å². The van der Waals surface area contributed by atoms with E-state index in [0.717, 1.165) is 0 Å². The average molecular weight is 412 g/mol. The van der Waals surface area contributed by atoms with Gasteiger partial charge in [0.25, 0.3) is 0 Å². The van der Waals surface area contributed by atoms with Crippen LogP contribution in [-0.2, 0) is 26.2 Å². The van der Waals surface area contributed by atoms with Crippen LogP contribution in [0.1, 0.15) is 32.3 Å². The van der Waals surface area contributed by atoms with E-state index in [1.165, 1.54) is 48.7 Å². The molecule has 0 N–H and O–H groups in total. The van der Waals surface area contributed by atoms with E-state index in [2.05, 4.69) is 53.7 Å². The summed E-state index contributed by atoms with van der Waals surface area (Å²) in [4.78, 5) is 0. The summed E-state index contributed by atoms with van der Waals surface area (Å²) in [6.07, 6.45) is 0. The molecular formula is C14H20Cl2P2Zr.